The second-order valence-electron chi connectivity index (χ2n) is 4.48. The van der Waals surface area contributed by atoms with Gasteiger partial charge in [0.15, 0.2) is 0 Å². The molecule has 0 spiro atoms. The second-order valence-corrected chi connectivity index (χ2v) is 7.23. The molecule has 0 radical (unpaired) electrons. The monoisotopic (exact) mass is 377 g/mol. The van der Waals surface area contributed by atoms with Crippen LogP contribution in [0.3, 0.4) is 0 Å². The van der Waals surface area contributed by atoms with Crippen LogP contribution in [0.25, 0.3) is 0 Å². The molecule has 0 amide bonds. The zero-order valence-corrected chi connectivity index (χ0v) is 14.3. The molecule has 2 rings (SSSR count). The number of imidazole rings is 1. The van der Waals surface area contributed by atoms with Crippen molar-refractivity contribution in [2.24, 2.45) is 7.05 Å². The van der Waals surface area contributed by atoms with Crippen molar-refractivity contribution in [2.45, 2.75) is 18.9 Å². The van der Waals surface area contributed by atoms with Crippen LogP contribution in [-0.2, 0) is 17.1 Å². The number of hydrogen-bond acceptors (Lipinski definition) is 3. The number of nitrogens with one attached hydrogen (secondary N) is 1. The third-order valence-electron chi connectivity index (χ3n) is 2.78. The molecule has 20 heavy (non-hydrogen) atoms. The van der Waals surface area contributed by atoms with Gasteiger partial charge in [0.25, 0.3) is 10.0 Å². The van der Waals surface area contributed by atoms with Crippen LogP contribution in [0.5, 0.6) is 0 Å². The van der Waals surface area contributed by atoms with Gasteiger partial charge in [-0.3, -0.25) is 4.72 Å². The van der Waals surface area contributed by atoms with E-state index in [0.29, 0.717) is 5.69 Å². The summed E-state index contributed by atoms with van der Waals surface area (Å²) in [6, 6.07) is 3.48. The van der Waals surface area contributed by atoms with E-state index in [0.717, 1.165) is 15.6 Å². The second kappa shape index (κ2) is 5.38. The van der Waals surface area contributed by atoms with Gasteiger partial charge < -0.3 is 4.57 Å². The van der Waals surface area contributed by atoms with Gasteiger partial charge in [0.05, 0.1) is 6.33 Å². The van der Waals surface area contributed by atoms with E-state index in [1.165, 1.54) is 10.9 Å². The van der Waals surface area contributed by atoms with Gasteiger partial charge in [-0.15, -0.1) is 0 Å². The van der Waals surface area contributed by atoms with Gasteiger partial charge in [0.1, 0.15) is 5.15 Å². The number of benzene rings is 1. The Morgan fingerprint density at radius 2 is 1.85 bits per heavy atom. The van der Waals surface area contributed by atoms with Crippen molar-refractivity contribution < 1.29 is 8.42 Å². The molecule has 1 heterocycles. The van der Waals surface area contributed by atoms with E-state index in [9.17, 15) is 8.42 Å². The molecular weight excluding hydrogens is 366 g/mol. The first-order valence-electron chi connectivity index (χ1n) is 5.69. The Kier molecular flexibility index (Phi) is 4.13. The van der Waals surface area contributed by atoms with Crippen LogP contribution < -0.4 is 4.72 Å². The Labute approximate surface area is 131 Å². The average Bonchev–Trinajstić information content (AvgIpc) is 2.67. The standard InChI is InChI=1S/C12H13BrClN3O2S/c1-7-4-9(5-8(2)10(7)13)16-20(18,19)12-11(14)17(3)6-15-12/h4-6,16H,1-3H3. The third-order valence-corrected chi connectivity index (χ3v) is 5.90. The summed E-state index contributed by atoms with van der Waals surface area (Å²) < 4.78 is 29.4. The number of nitrogens with zero attached hydrogens (tertiary/aromatic N) is 2. The maximum Gasteiger partial charge on any atom is 0.282 e. The molecule has 1 aromatic heterocycles. The van der Waals surface area contributed by atoms with Gasteiger partial charge in [-0.1, -0.05) is 27.5 Å². The van der Waals surface area contributed by atoms with Crippen molar-refractivity contribution in [1.82, 2.24) is 9.55 Å². The minimum Gasteiger partial charge on any atom is -0.324 e. The molecule has 0 aliphatic carbocycles. The molecule has 1 N–H and O–H groups in total. The lowest BCUT2D eigenvalue weighted by Gasteiger charge is -2.10. The molecule has 0 bridgehead atoms. The summed E-state index contributed by atoms with van der Waals surface area (Å²) in [5.74, 6) is 0. The zero-order chi connectivity index (χ0) is 15.1. The third kappa shape index (κ3) is 2.84. The van der Waals surface area contributed by atoms with Crippen LogP contribution in [0, 0.1) is 13.8 Å². The van der Waals surface area contributed by atoms with Gasteiger partial charge in [-0.2, -0.15) is 8.42 Å². The number of sulfonamides is 1. The molecule has 1 aromatic carbocycles. The molecule has 0 aliphatic rings. The minimum atomic E-state index is -3.80. The van der Waals surface area contributed by atoms with Crippen molar-refractivity contribution in [3.8, 4) is 0 Å². The van der Waals surface area contributed by atoms with Crippen LogP contribution in [-0.4, -0.2) is 18.0 Å². The molecule has 0 saturated heterocycles. The van der Waals surface area contributed by atoms with E-state index < -0.39 is 10.0 Å². The zero-order valence-electron chi connectivity index (χ0n) is 11.1. The highest BCUT2D eigenvalue weighted by Gasteiger charge is 2.22. The van der Waals surface area contributed by atoms with Crippen LogP contribution in [0.1, 0.15) is 11.1 Å². The first kappa shape index (κ1) is 15.3. The van der Waals surface area contributed by atoms with E-state index in [-0.39, 0.29) is 10.2 Å². The van der Waals surface area contributed by atoms with E-state index in [4.69, 9.17) is 11.6 Å². The first-order chi connectivity index (χ1) is 9.22. The van der Waals surface area contributed by atoms with Crippen molar-refractivity contribution >= 4 is 43.2 Å². The highest BCUT2D eigenvalue weighted by atomic mass is 79.9. The summed E-state index contributed by atoms with van der Waals surface area (Å²) in [6.45, 7) is 3.78. The smallest absolute Gasteiger partial charge is 0.282 e. The Bertz CT molecular complexity index is 748. The molecule has 0 fully saturated rings. The fourth-order valence-corrected chi connectivity index (χ4v) is 3.48. The van der Waals surface area contributed by atoms with Gasteiger partial charge >= 0.3 is 0 Å². The number of aromatic nitrogens is 2. The predicted molar refractivity (Wildman–Crippen MR) is 82.6 cm³/mol. The summed E-state index contributed by atoms with van der Waals surface area (Å²) in [4.78, 5) is 3.82. The Morgan fingerprint density at radius 1 is 1.30 bits per heavy atom. The quantitative estimate of drug-likeness (QED) is 0.891. The lowest BCUT2D eigenvalue weighted by atomic mass is 10.1. The van der Waals surface area contributed by atoms with Crippen LogP contribution in [0.15, 0.2) is 28.0 Å². The number of aryl methyl sites for hydroxylation is 3. The molecule has 0 saturated carbocycles. The fraction of sp³-hybridized carbons (Fsp3) is 0.250. The highest BCUT2D eigenvalue weighted by molar-refractivity contribution is 9.10. The van der Waals surface area contributed by atoms with Crippen molar-refractivity contribution in [3.05, 3.63) is 39.2 Å². The normalized spacial score (nSPS) is 11.7. The van der Waals surface area contributed by atoms with Gasteiger partial charge in [-0.05, 0) is 37.1 Å². The summed E-state index contributed by atoms with van der Waals surface area (Å²) in [6.07, 6.45) is 1.36. The largest absolute Gasteiger partial charge is 0.324 e. The number of hydrogen-bond donors (Lipinski definition) is 1. The Balaban J connectivity index is 2.41. The van der Waals surface area contributed by atoms with Crippen LogP contribution in [0.4, 0.5) is 5.69 Å². The molecule has 2 aromatic rings. The van der Waals surface area contributed by atoms with Gasteiger partial charge in [-0.25, -0.2) is 4.98 Å². The molecule has 108 valence electrons. The predicted octanol–water partition coefficient (Wildman–Crippen LogP) is 3.25. The summed E-state index contributed by atoms with van der Waals surface area (Å²) in [5, 5.41) is -0.108. The summed E-state index contributed by atoms with van der Waals surface area (Å²) in [5.41, 5.74) is 2.36. The van der Waals surface area contributed by atoms with Crippen molar-refractivity contribution in [3.63, 3.8) is 0 Å². The minimum absolute atomic E-state index is 0.0723. The number of anilines is 1. The topological polar surface area (TPSA) is 64.0 Å². The highest BCUT2D eigenvalue weighted by Crippen LogP contribution is 2.27. The SMILES string of the molecule is Cc1cc(NS(=O)(=O)c2ncn(C)c2Cl)cc(C)c1Br. The average molecular weight is 379 g/mol. The maximum atomic E-state index is 12.3. The van der Waals surface area contributed by atoms with E-state index >= 15 is 0 Å². The lowest BCUT2D eigenvalue weighted by Crippen LogP contribution is -2.14. The maximum absolute atomic E-state index is 12.3. The van der Waals surface area contributed by atoms with Gasteiger partial charge in [0, 0.05) is 17.2 Å². The molecule has 5 nitrogen and oxygen atoms in total. The molecule has 0 unspecified atom stereocenters. The number of halogens is 2. The van der Waals surface area contributed by atoms with Crippen molar-refractivity contribution in [2.75, 3.05) is 4.72 Å². The van der Waals surface area contributed by atoms with E-state index in [1.54, 1.807) is 19.2 Å². The van der Waals surface area contributed by atoms with E-state index in [1.807, 2.05) is 13.8 Å². The Morgan fingerprint density at radius 3 is 2.30 bits per heavy atom. The van der Waals surface area contributed by atoms with Gasteiger partial charge in [0.2, 0.25) is 5.03 Å². The summed E-state index contributed by atoms with van der Waals surface area (Å²) >= 11 is 9.36. The molecule has 8 heteroatoms. The lowest BCUT2D eigenvalue weighted by molar-refractivity contribution is 0.598. The molecule has 0 aliphatic heterocycles. The summed E-state index contributed by atoms with van der Waals surface area (Å²) in [7, 11) is -2.17. The molecular formula is C12H13BrClN3O2S. The van der Waals surface area contributed by atoms with Crippen molar-refractivity contribution in [1.29, 1.82) is 0 Å². The van der Waals surface area contributed by atoms with E-state index in [2.05, 4.69) is 25.6 Å². The van der Waals surface area contributed by atoms with Crippen LogP contribution in [0.2, 0.25) is 5.15 Å². The number of rotatable bonds is 3. The fourth-order valence-electron chi connectivity index (χ4n) is 1.78. The first-order valence-corrected chi connectivity index (χ1v) is 8.34. The molecule has 0 atom stereocenters. The van der Waals surface area contributed by atoms with Crippen LogP contribution >= 0.6 is 27.5 Å². The Hall–Kier alpha value is -1.05.